The number of nitrogens with zero attached hydrogens (tertiary/aromatic N) is 1. The monoisotopic (exact) mass is 94.1 g/mol. The van der Waals surface area contributed by atoms with Crippen molar-refractivity contribution >= 4 is 0 Å². The molecule has 0 bridgehead atoms. The highest BCUT2D eigenvalue weighted by molar-refractivity contribution is 4.91. The van der Waals surface area contributed by atoms with Gasteiger partial charge in [0.25, 0.3) is 0 Å². The molecule has 0 spiro atoms. The highest BCUT2D eigenvalue weighted by atomic mass is 14.2. The maximum absolute atomic E-state index is 7.90. The average Bonchev–Trinajstić information content (AvgIpc) is 1.69. The minimum Gasteiger partial charge on any atom is -0.192 e. The lowest BCUT2D eigenvalue weighted by Gasteiger charge is -1.74. The highest BCUT2D eigenvalue weighted by Gasteiger charge is 1.68. The fraction of sp³-hybridized carbons (Fsp3) is 0.500. The normalized spacial score (nSPS) is 9.14. The van der Waals surface area contributed by atoms with Crippen LogP contribution in [0.4, 0.5) is 0 Å². The van der Waals surface area contributed by atoms with Gasteiger partial charge in [-0.25, -0.2) is 0 Å². The maximum Gasteiger partial charge on any atom is 0.100 e. The molecular formula is C6H8N. The highest BCUT2D eigenvalue weighted by Crippen LogP contribution is 1.84. The van der Waals surface area contributed by atoms with Crippen LogP contribution in [-0.2, 0) is 0 Å². The van der Waals surface area contributed by atoms with Crippen LogP contribution in [0.3, 0.4) is 0 Å². The Morgan fingerprint density at radius 3 is 2.86 bits per heavy atom. The Labute approximate surface area is 44.3 Å². The zero-order valence-electron chi connectivity index (χ0n) is 4.44. The second kappa shape index (κ2) is 5.23. The molecule has 1 radical (unpaired) electrons. The van der Waals surface area contributed by atoms with Crippen molar-refractivity contribution in [2.45, 2.75) is 19.8 Å². The molecule has 0 aromatic carbocycles. The quantitative estimate of drug-likeness (QED) is 0.477. The van der Waals surface area contributed by atoms with E-state index in [1.807, 2.05) is 0 Å². The van der Waals surface area contributed by atoms with Crippen molar-refractivity contribution in [2.24, 2.45) is 0 Å². The second-order valence-corrected chi connectivity index (χ2v) is 1.25. The van der Waals surface area contributed by atoms with Gasteiger partial charge in [0.1, 0.15) is 6.07 Å². The summed E-state index contributed by atoms with van der Waals surface area (Å²) in [6.07, 6.45) is 6.24. The summed E-state index contributed by atoms with van der Waals surface area (Å²) < 4.78 is 0. The van der Waals surface area contributed by atoms with Crippen LogP contribution in [0.1, 0.15) is 19.8 Å². The molecule has 0 amide bonds. The summed E-state index contributed by atoms with van der Waals surface area (Å²) in [5.74, 6) is 0. The van der Waals surface area contributed by atoms with Gasteiger partial charge in [-0.05, 0) is 6.42 Å². The van der Waals surface area contributed by atoms with Gasteiger partial charge in [-0.2, -0.15) is 5.26 Å². The summed E-state index contributed by atoms with van der Waals surface area (Å²) in [6.45, 7) is 2.07. The molecule has 0 saturated carbocycles. The van der Waals surface area contributed by atoms with Crippen LogP contribution in [-0.4, -0.2) is 0 Å². The van der Waals surface area contributed by atoms with E-state index in [0.717, 1.165) is 12.8 Å². The van der Waals surface area contributed by atoms with E-state index in [1.165, 1.54) is 0 Å². The van der Waals surface area contributed by atoms with Gasteiger partial charge in [0, 0.05) is 0 Å². The Kier molecular flexibility index (Phi) is 4.65. The van der Waals surface area contributed by atoms with Crippen molar-refractivity contribution in [3.63, 3.8) is 0 Å². The van der Waals surface area contributed by atoms with Crippen LogP contribution in [0.2, 0.25) is 0 Å². The van der Waals surface area contributed by atoms with Crippen LogP contribution in [0.25, 0.3) is 0 Å². The van der Waals surface area contributed by atoms with Crippen LogP contribution in [0.15, 0.2) is 6.08 Å². The first-order chi connectivity index (χ1) is 3.41. The minimum atomic E-state index is 0.966. The third-order valence-corrected chi connectivity index (χ3v) is 0.600. The molecule has 0 saturated heterocycles. The van der Waals surface area contributed by atoms with E-state index in [-0.39, 0.29) is 0 Å². The van der Waals surface area contributed by atoms with Crippen LogP contribution < -0.4 is 0 Å². The predicted molar refractivity (Wildman–Crippen MR) is 28.3 cm³/mol. The van der Waals surface area contributed by atoms with E-state index in [0.29, 0.717) is 0 Å². The van der Waals surface area contributed by atoms with Gasteiger partial charge in [-0.1, -0.05) is 19.4 Å². The number of nitriles is 1. The first-order valence-electron chi connectivity index (χ1n) is 2.38. The predicted octanol–water partition coefficient (Wildman–Crippen LogP) is 1.67. The molecule has 0 fully saturated rings. The Balaban J connectivity index is 2.97. The first kappa shape index (κ1) is 6.23. The molecule has 0 atom stereocenters. The standard InChI is InChI=1S/C6H8N/c1-2-3-4-5-6-7/h4H,2-3H2,1H3. The third-order valence-electron chi connectivity index (χ3n) is 0.600. The van der Waals surface area contributed by atoms with E-state index < -0.39 is 0 Å². The lowest BCUT2D eigenvalue weighted by atomic mass is 10.3. The zero-order valence-corrected chi connectivity index (χ0v) is 4.44. The SMILES string of the molecule is CCC/C=[C]\C#N. The molecule has 1 heteroatoms. The Bertz CT molecular complexity index is 86.8. The average molecular weight is 94.1 g/mol. The summed E-state index contributed by atoms with van der Waals surface area (Å²) in [5, 5.41) is 7.90. The molecule has 0 aliphatic carbocycles. The molecule has 0 aliphatic heterocycles. The molecule has 0 heterocycles. The number of rotatable bonds is 2. The van der Waals surface area contributed by atoms with Crippen LogP contribution in [0.5, 0.6) is 0 Å². The van der Waals surface area contributed by atoms with Gasteiger partial charge < -0.3 is 0 Å². The van der Waals surface area contributed by atoms with E-state index in [9.17, 15) is 0 Å². The summed E-state index contributed by atoms with van der Waals surface area (Å²) >= 11 is 0. The summed E-state index contributed by atoms with van der Waals surface area (Å²) in [5.41, 5.74) is 0. The van der Waals surface area contributed by atoms with E-state index in [4.69, 9.17) is 5.26 Å². The first-order valence-corrected chi connectivity index (χ1v) is 2.38. The summed E-state index contributed by atoms with van der Waals surface area (Å²) in [6, 6.07) is 1.80. The van der Waals surface area contributed by atoms with Gasteiger partial charge in [0.2, 0.25) is 0 Å². The lowest BCUT2D eigenvalue weighted by Crippen LogP contribution is -1.57. The van der Waals surface area contributed by atoms with Crippen LogP contribution in [0, 0.1) is 17.4 Å². The Hall–Kier alpha value is -0.770. The molecular weight excluding hydrogens is 86.1 g/mol. The zero-order chi connectivity index (χ0) is 5.54. The molecule has 0 unspecified atom stereocenters. The lowest BCUT2D eigenvalue weighted by molar-refractivity contribution is 0.957. The van der Waals surface area contributed by atoms with Crippen molar-refractivity contribution < 1.29 is 0 Å². The number of hydrogen-bond donors (Lipinski definition) is 0. The largest absolute Gasteiger partial charge is 0.192 e. The summed E-state index contributed by atoms with van der Waals surface area (Å²) in [4.78, 5) is 0. The molecule has 1 nitrogen and oxygen atoms in total. The van der Waals surface area contributed by atoms with Gasteiger partial charge >= 0.3 is 0 Å². The maximum atomic E-state index is 7.90. The number of hydrogen-bond acceptors (Lipinski definition) is 1. The van der Waals surface area contributed by atoms with Gasteiger partial charge in [-0.15, -0.1) is 0 Å². The topological polar surface area (TPSA) is 23.8 Å². The van der Waals surface area contributed by atoms with E-state index in [2.05, 4.69) is 13.0 Å². The fourth-order valence-electron chi connectivity index (χ4n) is 0.262. The molecule has 0 rings (SSSR count). The van der Waals surface area contributed by atoms with Crippen LogP contribution >= 0.6 is 0 Å². The minimum absolute atomic E-state index is 0.966. The van der Waals surface area contributed by atoms with Crippen molar-refractivity contribution in [1.29, 1.82) is 5.26 Å². The van der Waals surface area contributed by atoms with Gasteiger partial charge in [0.05, 0.1) is 6.08 Å². The van der Waals surface area contributed by atoms with E-state index in [1.54, 1.807) is 12.1 Å². The second-order valence-electron chi connectivity index (χ2n) is 1.25. The number of allylic oxidation sites excluding steroid dienone is 2. The Morgan fingerprint density at radius 1 is 1.71 bits per heavy atom. The van der Waals surface area contributed by atoms with Gasteiger partial charge in [-0.3, -0.25) is 0 Å². The fourth-order valence-corrected chi connectivity index (χ4v) is 0.262. The smallest absolute Gasteiger partial charge is 0.100 e. The molecule has 0 aromatic rings. The Morgan fingerprint density at radius 2 is 2.43 bits per heavy atom. The van der Waals surface area contributed by atoms with Crippen molar-refractivity contribution in [2.75, 3.05) is 0 Å². The van der Waals surface area contributed by atoms with Crippen molar-refractivity contribution in [3.05, 3.63) is 12.2 Å². The molecule has 0 aromatic heterocycles. The molecule has 0 N–H and O–H groups in total. The van der Waals surface area contributed by atoms with E-state index >= 15 is 0 Å². The molecule has 0 aliphatic rings. The summed E-state index contributed by atoms with van der Waals surface area (Å²) in [7, 11) is 0. The van der Waals surface area contributed by atoms with Gasteiger partial charge in [0.15, 0.2) is 0 Å². The van der Waals surface area contributed by atoms with Crippen molar-refractivity contribution in [3.8, 4) is 6.07 Å². The third kappa shape index (κ3) is 5.23. The van der Waals surface area contributed by atoms with Crippen molar-refractivity contribution in [1.82, 2.24) is 0 Å². The molecule has 37 valence electrons. The number of unbranched alkanes of at least 4 members (excludes halogenated alkanes) is 1. The molecule has 7 heavy (non-hydrogen) atoms.